The number of amides is 1. The summed E-state index contributed by atoms with van der Waals surface area (Å²) in [6.07, 6.45) is 0. The zero-order chi connectivity index (χ0) is 13.3. The van der Waals surface area contributed by atoms with Crippen LogP contribution in [0.5, 0.6) is 0 Å². The molecule has 1 aromatic carbocycles. The van der Waals surface area contributed by atoms with Gasteiger partial charge in [-0.15, -0.1) is 11.3 Å². The lowest BCUT2D eigenvalue weighted by Gasteiger charge is -2.10. The summed E-state index contributed by atoms with van der Waals surface area (Å²) in [5.41, 5.74) is 7.99. The molecular weight excluding hydrogens is 380 g/mol. The van der Waals surface area contributed by atoms with Crippen molar-refractivity contribution in [3.63, 3.8) is 0 Å². The number of rotatable bonds is 2. The van der Waals surface area contributed by atoms with Gasteiger partial charge in [-0.1, -0.05) is 0 Å². The summed E-state index contributed by atoms with van der Waals surface area (Å²) in [5.74, 6) is -0.117. The highest BCUT2D eigenvalue weighted by Gasteiger charge is 2.14. The van der Waals surface area contributed by atoms with Crippen LogP contribution in [0.4, 0.5) is 11.4 Å². The lowest BCUT2D eigenvalue weighted by molar-refractivity contribution is 0.103. The minimum Gasteiger partial charge on any atom is -0.399 e. The highest BCUT2D eigenvalue weighted by molar-refractivity contribution is 9.11. The Hall–Kier alpha value is -0.850. The Morgan fingerprint density at radius 2 is 1.94 bits per heavy atom. The highest BCUT2D eigenvalue weighted by Crippen LogP contribution is 2.34. The zero-order valence-electron chi connectivity index (χ0n) is 9.46. The molecule has 0 saturated carbocycles. The van der Waals surface area contributed by atoms with Crippen molar-refractivity contribution >= 4 is 60.5 Å². The molecule has 0 radical (unpaired) electrons. The molecule has 0 bridgehead atoms. The maximum absolute atomic E-state index is 12.1. The van der Waals surface area contributed by atoms with Crippen LogP contribution in [0.15, 0.2) is 32.5 Å². The van der Waals surface area contributed by atoms with Crippen molar-refractivity contribution in [2.24, 2.45) is 0 Å². The molecule has 94 valence electrons. The average Bonchev–Trinajstić information content (AvgIpc) is 2.69. The molecule has 1 amide bonds. The van der Waals surface area contributed by atoms with Crippen molar-refractivity contribution in [3.8, 4) is 0 Å². The molecule has 2 rings (SSSR count). The van der Waals surface area contributed by atoms with Crippen molar-refractivity contribution in [2.75, 3.05) is 11.1 Å². The van der Waals surface area contributed by atoms with E-state index < -0.39 is 0 Å². The van der Waals surface area contributed by atoms with Crippen LogP contribution in [0, 0.1) is 6.92 Å². The minimum absolute atomic E-state index is 0.117. The number of thiophene rings is 1. The summed E-state index contributed by atoms with van der Waals surface area (Å²) in [5, 5.41) is 4.77. The Balaban J connectivity index is 2.31. The van der Waals surface area contributed by atoms with Gasteiger partial charge in [-0.25, -0.2) is 0 Å². The molecular formula is C12H10Br2N2OS. The number of carbonyl (C=O) groups excluding carboxylic acids is 1. The highest BCUT2D eigenvalue weighted by atomic mass is 79.9. The van der Waals surface area contributed by atoms with Gasteiger partial charge in [0.2, 0.25) is 0 Å². The van der Waals surface area contributed by atoms with E-state index in [1.165, 1.54) is 11.3 Å². The molecule has 18 heavy (non-hydrogen) atoms. The molecule has 0 aliphatic rings. The van der Waals surface area contributed by atoms with E-state index in [4.69, 9.17) is 5.73 Å². The molecule has 0 spiro atoms. The summed E-state index contributed by atoms with van der Waals surface area (Å²) in [6.45, 7) is 1.92. The maximum atomic E-state index is 12.1. The number of hydrogen-bond acceptors (Lipinski definition) is 3. The number of carbonyl (C=O) groups is 1. The van der Waals surface area contributed by atoms with Crippen molar-refractivity contribution in [1.82, 2.24) is 0 Å². The predicted molar refractivity (Wildman–Crippen MR) is 83.3 cm³/mol. The van der Waals surface area contributed by atoms with Crippen LogP contribution < -0.4 is 11.1 Å². The summed E-state index contributed by atoms with van der Waals surface area (Å²) in [7, 11) is 0. The fourth-order valence-electron chi connectivity index (χ4n) is 1.49. The SMILES string of the molecule is Cc1ccsc1C(=O)Nc1c(Br)cc(N)cc1Br. The maximum Gasteiger partial charge on any atom is 0.266 e. The van der Waals surface area contributed by atoms with Gasteiger partial charge in [-0.05, 0) is 67.9 Å². The molecule has 0 unspecified atom stereocenters. The quantitative estimate of drug-likeness (QED) is 0.747. The monoisotopic (exact) mass is 388 g/mol. The van der Waals surface area contributed by atoms with E-state index in [9.17, 15) is 4.79 Å². The second kappa shape index (κ2) is 5.42. The number of benzene rings is 1. The molecule has 1 aromatic heterocycles. The first kappa shape index (κ1) is 13.6. The standard InChI is InChI=1S/C12H10Br2N2OS/c1-6-2-3-18-11(6)12(17)16-10-8(13)4-7(15)5-9(10)14/h2-5H,15H2,1H3,(H,16,17). The van der Waals surface area contributed by atoms with Crippen LogP contribution >= 0.6 is 43.2 Å². The van der Waals surface area contributed by atoms with Crippen LogP contribution in [0.1, 0.15) is 15.2 Å². The molecule has 3 N–H and O–H groups in total. The third-order valence-electron chi connectivity index (χ3n) is 2.37. The largest absolute Gasteiger partial charge is 0.399 e. The molecule has 3 nitrogen and oxygen atoms in total. The van der Waals surface area contributed by atoms with Gasteiger partial charge in [-0.3, -0.25) is 4.79 Å². The number of halogens is 2. The van der Waals surface area contributed by atoms with Gasteiger partial charge in [-0.2, -0.15) is 0 Å². The third-order valence-corrected chi connectivity index (χ3v) is 4.64. The smallest absolute Gasteiger partial charge is 0.266 e. The number of nitrogen functional groups attached to an aromatic ring is 1. The molecule has 6 heteroatoms. The first-order chi connectivity index (χ1) is 8.49. The molecule has 1 heterocycles. The Morgan fingerprint density at radius 3 is 2.44 bits per heavy atom. The van der Waals surface area contributed by atoms with E-state index in [0.717, 1.165) is 14.5 Å². The van der Waals surface area contributed by atoms with Gasteiger partial charge in [0.15, 0.2) is 0 Å². The lowest BCUT2D eigenvalue weighted by atomic mass is 10.2. The average molecular weight is 390 g/mol. The van der Waals surface area contributed by atoms with E-state index in [1.54, 1.807) is 12.1 Å². The zero-order valence-corrected chi connectivity index (χ0v) is 13.4. The first-order valence-electron chi connectivity index (χ1n) is 5.09. The second-order valence-corrected chi connectivity index (χ2v) is 6.37. The van der Waals surface area contributed by atoms with Crippen LogP contribution in [0.25, 0.3) is 0 Å². The van der Waals surface area contributed by atoms with Crippen LogP contribution in [0.3, 0.4) is 0 Å². The van der Waals surface area contributed by atoms with Crippen LogP contribution in [-0.4, -0.2) is 5.91 Å². The van der Waals surface area contributed by atoms with Crippen LogP contribution in [-0.2, 0) is 0 Å². The lowest BCUT2D eigenvalue weighted by Crippen LogP contribution is -2.12. The first-order valence-corrected chi connectivity index (χ1v) is 7.55. The van der Waals surface area contributed by atoms with E-state index in [2.05, 4.69) is 37.2 Å². The minimum atomic E-state index is -0.117. The van der Waals surface area contributed by atoms with Gasteiger partial charge in [0.05, 0.1) is 10.6 Å². The fraction of sp³-hybridized carbons (Fsp3) is 0.0833. The Labute approximate surface area is 126 Å². The second-order valence-electron chi connectivity index (χ2n) is 3.75. The van der Waals surface area contributed by atoms with Gasteiger partial charge in [0.25, 0.3) is 5.91 Å². The molecule has 0 aliphatic heterocycles. The predicted octanol–water partition coefficient (Wildman–Crippen LogP) is 4.42. The van der Waals surface area contributed by atoms with Crippen LogP contribution in [0.2, 0.25) is 0 Å². The fourth-order valence-corrected chi connectivity index (χ4v) is 3.73. The summed E-state index contributed by atoms with van der Waals surface area (Å²) < 4.78 is 1.49. The molecule has 0 atom stereocenters. The normalized spacial score (nSPS) is 10.4. The number of anilines is 2. The number of nitrogens with one attached hydrogen (secondary N) is 1. The topological polar surface area (TPSA) is 55.1 Å². The number of aryl methyl sites for hydroxylation is 1. The van der Waals surface area contributed by atoms with E-state index >= 15 is 0 Å². The Morgan fingerprint density at radius 1 is 1.33 bits per heavy atom. The third kappa shape index (κ3) is 2.76. The van der Waals surface area contributed by atoms with Crippen molar-refractivity contribution < 1.29 is 4.79 Å². The van der Waals surface area contributed by atoms with E-state index in [1.807, 2.05) is 18.4 Å². The van der Waals surface area contributed by atoms with Crippen molar-refractivity contribution in [3.05, 3.63) is 43.0 Å². The summed E-state index contributed by atoms with van der Waals surface area (Å²) in [6, 6.07) is 5.43. The molecule has 0 aliphatic carbocycles. The molecule has 0 saturated heterocycles. The number of nitrogens with two attached hydrogens (primary N) is 1. The summed E-state index contributed by atoms with van der Waals surface area (Å²) >= 11 is 8.20. The van der Waals surface area contributed by atoms with Gasteiger partial charge in [0, 0.05) is 14.6 Å². The van der Waals surface area contributed by atoms with Crippen molar-refractivity contribution in [1.29, 1.82) is 0 Å². The van der Waals surface area contributed by atoms with E-state index in [-0.39, 0.29) is 5.91 Å². The van der Waals surface area contributed by atoms with Gasteiger partial charge < -0.3 is 11.1 Å². The summed E-state index contributed by atoms with van der Waals surface area (Å²) in [4.78, 5) is 12.8. The van der Waals surface area contributed by atoms with Crippen molar-refractivity contribution in [2.45, 2.75) is 6.92 Å². The Kier molecular flexibility index (Phi) is 4.09. The molecule has 0 fully saturated rings. The Bertz CT molecular complexity index is 587. The van der Waals surface area contributed by atoms with E-state index in [0.29, 0.717) is 16.3 Å². The van der Waals surface area contributed by atoms with Gasteiger partial charge >= 0.3 is 0 Å². The van der Waals surface area contributed by atoms with Gasteiger partial charge in [0.1, 0.15) is 0 Å². The number of hydrogen-bond donors (Lipinski definition) is 2. The molecule has 2 aromatic rings.